The Morgan fingerprint density at radius 2 is 0.703 bits per heavy atom. The van der Waals surface area contributed by atoms with Crippen LogP contribution >= 0.6 is 0 Å². The summed E-state index contributed by atoms with van der Waals surface area (Å²) >= 11 is 0. The van der Waals surface area contributed by atoms with Gasteiger partial charge in [0.1, 0.15) is 11.5 Å². The van der Waals surface area contributed by atoms with Crippen LogP contribution in [0.3, 0.4) is 0 Å². The second-order valence-corrected chi connectivity index (χ2v) is 16.4. The topological polar surface area (TPSA) is 12.5 Å². The van der Waals surface area contributed by atoms with Crippen molar-refractivity contribution in [3.8, 4) is 78.3 Å². The van der Waals surface area contributed by atoms with E-state index in [1.165, 1.54) is 49.5 Å². The van der Waals surface area contributed by atoms with Crippen molar-refractivity contribution in [1.29, 1.82) is 0 Å². The van der Waals surface area contributed by atoms with Gasteiger partial charge in [0.2, 0.25) is 0 Å². The standard InChI is InChI=1S/C62H41NO/c1-3-14-42(15-4-1)44-28-30-45(31-29-44)47-34-38-52(39-35-47)63(51-36-32-46(33-37-51)43-16-5-2-6-17-43)58-26-13-27-59-62(58)61-55(54-23-11-21-48-18-9-10-22-53(48)54)24-12-25-56(61)57-40-49-19-7-8-20-50(49)41-60(57)64-59/h1-41H. The van der Waals surface area contributed by atoms with E-state index in [9.17, 15) is 0 Å². The molecule has 0 saturated heterocycles. The highest BCUT2D eigenvalue weighted by Gasteiger charge is 2.30. The summed E-state index contributed by atoms with van der Waals surface area (Å²) < 4.78 is 7.20. The molecule has 1 aliphatic rings. The Bertz CT molecular complexity index is 3480. The van der Waals surface area contributed by atoms with Crippen molar-refractivity contribution in [3.05, 3.63) is 249 Å². The molecule has 1 aliphatic heterocycles. The maximum atomic E-state index is 7.20. The van der Waals surface area contributed by atoms with Gasteiger partial charge in [-0.1, -0.05) is 200 Å². The molecule has 12 rings (SSSR count). The molecule has 11 aromatic carbocycles. The minimum atomic E-state index is 0.807. The molecule has 0 unspecified atom stereocenters. The second-order valence-electron chi connectivity index (χ2n) is 16.4. The molecule has 0 atom stereocenters. The van der Waals surface area contributed by atoms with Gasteiger partial charge in [0.05, 0.1) is 5.69 Å². The summed E-state index contributed by atoms with van der Waals surface area (Å²) in [6, 6.07) is 89.6. The van der Waals surface area contributed by atoms with Crippen molar-refractivity contribution in [3.63, 3.8) is 0 Å². The van der Waals surface area contributed by atoms with Gasteiger partial charge < -0.3 is 9.64 Å². The van der Waals surface area contributed by atoms with Crippen LogP contribution in [0.25, 0.3) is 88.3 Å². The molecule has 0 saturated carbocycles. The van der Waals surface area contributed by atoms with Gasteiger partial charge in [-0.05, 0) is 120 Å². The molecular formula is C62H41NO. The van der Waals surface area contributed by atoms with Crippen LogP contribution in [-0.4, -0.2) is 0 Å². The molecule has 11 aromatic rings. The molecule has 0 spiro atoms. The van der Waals surface area contributed by atoms with E-state index >= 15 is 0 Å². The molecule has 64 heavy (non-hydrogen) atoms. The van der Waals surface area contributed by atoms with E-state index in [1.54, 1.807) is 0 Å². The number of fused-ring (bicyclic) bond motifs is 7. The van der Waals surface area contributed by atoms with Gasteiger partial charge in [-0.2, -0.15) is 0 Å². The number of rotatable bonds is 7. The number of anilines is 3. The van der Waals surface area contributed by atoms with Crippen LogP contribution in [0.5, 0.6) is 11.5 Å². The van der Waals surface area contributed by atoms with Crippen LogP contribution < -0.4 is 9.64 Å². The number of hydrogen-bond acceptors (Lipinski definition) is 2. The number of ether oxygens (including phenoxy) is 1. The number of hydrogen-bond donors (Lipinski definition) is 0. The Morgan fingerprint density at radius 1 is 0.266 bits per heavy atom. The summed E-state index contributed by atoms with van der Waals surface area (Å²) in [5, 5.41) is 4.73. The van der Waals surface area contributed by atoms with E-state index in [-0.39, 0.29) is 0 Å². The molecule has 0 radical (unpaired) electrons. The Kier molecular flexibility index (Phi) is 9.20. The Hall–Kier alpha value is -8.46. The molecule has 0 fully saturated rings. The molecule has 1 heterocycles. The number of nitrogens with zero attached hydrogens (tertiary/aromatic N) is 1. The molecule has 300 valence electrons. The van der Waals surface area contributed by atoms with Crippen LogP contribution in [0.4, 0.5) is 17.1 Å². The molecule has 0 aliphatic carbocycles. The molecular weight excluding hydrogens is 775 g/mol. The largest absolute Gasteiger partial charge is 0.456 e. The van der Waals surface area contributed by atoms with Gasteiger partial charge in [-0.15, -0.1) is 0 Å². The first-order valence-electron chi connectivity index (χ1n) is 21.9. The van der Waals surface area contributed by atoms with Gasteiger partial charge in [0, 0.05) is 28.1 Å². The lowest BCUT2D eigenvalue weighted by atomic mass is 9.85. The van der Waals surface area contributed by atoms with Crippen LogP contribution in [0.15, 0.2) is 249 Å². The highest BCUT2D eigenvalue weighted by Crippen LogP contribution is 2.56. The van der Waals surface area contributed by atoms with Gasteiger partial charge in [0.15, 0.2) is 0 Å². The average Bonchev–Trinajstić information content (AvgIpc) is 3.51. The van der Waals surface area contributed by atoms with Crippen molar-refractivity contribution in [2.45, 2.75) is 0 Å². The van der Waals surface area contributed by atoms with Crippen LogP contribution in [0.2, 0.25) is 0 Å². The van der Waals surface area contributed by atoms with Gasteiger partial charge in [0.25, 0.3) is 0 Å². The first kappa shape index (κ1) is 37.3. The predicted molar refractivity (Wildman–Crippen MR) is 269 cm³/mol. The van der Waals surface area contributed by atoms with E-state index in [2.05, 4.69) is 254 Å². The minimum Gasteiger partial charge on any atom is -0.456 e. The van der Waals surface area contributed by atoms with E-state index < -0.39 is 0 Å². The lowest BCUT2D eigenvalue weighted by molar-refractivity contribution is 0.488. The van der Waals surface area contributed by atoms with Crippen LogP contribution in [-0.2, 0) is 0 Å². The zero-order valence-electron chi connectivity index (χ0n) is 35.0. The smallest absolute Gasteiger partial charge is 0.137 e. The molecule has 2 nitrogen and oxygen atoms in total. The van der Waals surface area contributed by atoms with E-state index in [0.717, 1.165) is 67.3 Å². The zero-order chi connectivity index (χ0) is 42.4. The second kappa shape index (κ2) is 15.8. The van der Waals surface area contributed by atoms with Crippen molar-refractivity contribution >= 4 is 38.6 Å². The van der Waals surface area contributed by atoms with E-state index in [1.807, 2.05) is 0 Å². The normalized spacial score (nSPS) is 11.6. The maximum Gasteiger partial charge on any atom is 0.137 e. The van der Waals surface area contributed by atoms with Gasteiger partial charge >= 0.3 is 0 Å². The van der Waals surface area contributed by atoms with Crippen LogP contribution in [0, 0.1) is 0 Å². The predicted octanol–water partition coefficient (Wildman–Crippen LogP) is 17.6. The lowest BCUT2D eigenvalue weighted by Crippen LogP contribution is -2.12. The van der Waals surface area contributed by atoms with E-state index in [0.29, 0.717) is 0 Å². The lowest BCUT2D eigenvalue weighted by Gasteiger charge is -2.29. The third kappa shape index (κ3) is 6.61. The molecule has 0 N–H and O–H groups in total. The first-order chi connectivity index (χ1) is 31.7. The monoisotopic (exact) mass is 815 g/mol. The molecule has 2 heteroatoms. The summed E-state index contributed by atoms with van der Waals surface area (Å²) in [5.41, 5.74) is 16.9. The fraction of sp³-hybridized carbons (Fsp3) is 0. The quantitative estimate of drug-likeness (QED) is 0.159. The van der Waals surface area contributed by atoms with Crippen molar-refractivity contribution in [1.82, 2.24) is 0 Å². The SMILES string of the molecule is c1ccc(-c2ccc(-c3ccc(N(c4ccc(-c5ccccc5)cc4)c4cccc5c4-c4c(cccc4-c4cccc6ccccc46)-c4cc6ccccc6cc4O5)cc3)cc2)cc1. The highest BCUT2D eigenvalue weighted by atomic mass is 16.5. The third-order valence-electron chi connectivity index (χ3n) is 12.7. The average molecular weight is 816 g/mol. The summed E-state index contributed by atoms with van der Waals surface area (Å²) in [7, 11) is 0. The van der Waals surface area contributed by atoms with Crippen molar-refractivity contribution in [2.24, 2.45) is 0 Å². The van der Waals surface area contributed by atoms with Crippen LogP contribution in [0.1, 0.15) is 0 Å². The first-order valence-corrected chi connectivity index (χ1v) is 21.9. The Balaban J connectivity index is 1.08. The number of benzene rings is 11. The summed E-state index contributed by atoms with van der Waals surface area (Å²) in [4.78, 5) is 2.40. The van der Waals surface area contributed by atoms with Gasteiger partial charge in [-0.3, -0.25) is 0 Å². The fourth-order valence-electron chi connectivity index (χ4n) is 9.56. The Labute approximate surface area is 373 Å². The van der Waals surface area contributed by atoms with Gasteiger partial charge in [-0.25, -0.2) is 0 Å². The van der Waals surface area contributed by atoms with Crippen molar-refractivity contribution < 1.29 is 4.74 Å². The molecule has 0 amide bonds. The van der Waals surface area contributed by atoms with E-state index in [4.69, 9.17) is 4.74 Å². The Morgan fingerprint density at radius 3 is 1.31 bits per heavy atom. The van der Waals surface area contributed by atoms with Crippen molar-refractivity contribution in [2.75, 3.05) is 4.90 Å². The molecule has 0 aromatic heterocycles. The maximum absolute atomic E-state index is 7.20. The summed E-state index contributed by atoms with van der Waals surface area (Å²) in [6.45, 7) is 0. The summed E-state index contributed by atoms with van der Waals surface area (Å²) in [6.07, 6.45) is 0. The fourth-order valence-corrected chi connectivity index (χ4v) is 9.56. The zero-order valence-corrected chi connectivity index (χ0v) is 35.0. The molecule has 0 bridgehead atoms. The highest BCUT2D eigenvalue weighted by molar-refractivity contribution is 6.09. The summed E-state index contributed by atoms with van der Waals surface area (Å²) in [5.74, 6) is 1.65. The third-order valence-corrected chi connectivity index (χ3v) is 12.7. The minimum absolute atomic E-state index is 0.807.